The van der Waals surface area contributed by atoms with Gasteiger partial charge in [-0.25, -0.2) is 9.97 Å². The van der Waals surface area contributed by atoms with E-state index in [1.807, 2.05) is 26.0 Å². The number of rotatable bonds is 4. The number of aromatic nitrogens is 7. The molecule has 5 rings (SSSR count). The second-order valence-corrected chi connectivity index (χ2v) is 7.28. The summed E-state index contributed by atoms with van der Waals surface area (Å²) in [6, 6.07) is 12.4. The lowest BCUT2D eigenvalue weighted by Crippen LogP contribution is -2.47. The largest absolute Gasteiger partial charge is 0.368 e. The van der Waals surface area contributed by atoms with Gasteiger partial charge in [0, 0.05) is 44.5 Å². The van der Waals surface area contributed by atoms with E-state index in [1.54, 1.807) is 10.7 Å². The molecule has 4 heterocycles. The molecule has 0 spiro atoms. The highest BCUT2D eigenvalue weighted by atomic mass is 15.4. The number of hydrogen-bond donors (Lipinski definition) is 0. The standard InChI is InChI=1S/C21H23N9/c1-3-18-24-21-26-25-19(15(2)30(21)27-18)17-9-10-22-20(23-17)29-13-11-28(12-14-29)16-7-5-4-6-8-16/h4-10H,3,11-14H2,1-2H3. The molecule has 1 aliphatic heterocycles. The molecule has 0 aliphatic carbocycles. The second kappa shape index (κ2) is 7.66. The molecule has 1 fully saturated rings. The van der Waals surface area contributed by atoms with E-state index in [2.05, 4.69) is 59.3 Å². The summed E-state index contributed by atoms with van der Waals surface area (Å²) in [6.45, 7) is 7.58. The minimum atomic E-state index is 0.513. The van der Waals surface area contributed by atoms with E-state index < -0.39 is 0 Å². The number of piperazine rings is 1. The van der Waals surface area contributed by atoms with Crippen LogP contribution >= 0.6 is 0 Å². The summed E-state index contributed by atoms with van der Waals surface area (Å²) in [7, 11) is 0. The predicted octanol–water partition coefficient (Wildman–Crippen LogP) is 2.17. The average molecular weight is 401 g/mol. The predicted molar refractivity (Wildman–Crippen MR) is 115 cm³/mol. The zero-order valence-electron chi connectivity index (χ0n) is 17.1. The summed E-state index contributed by atoms with van der Waals surface area (Å²) >= 11 is 0. The first-order chi connectivity index (χ1) is 14.7. The fourth-order valence-corrected chi connectivity index (χ4v) is 3.72. The second-order valence-electron chi connectivity index (χ2n) is 7.28. The van der Waals surface area contributed by atoms with Crippen LogP contribution in [0.4, 0.5) is 11.6 Å². The molecule has 0 bridgehead atoms. The number of anilines is 2. The van der Waals surface area contributed by atoms with E-state index in [-0.39, 0.29) is 0 Å². The lowest BCUT2D eigenvalue weighted by Gasteiger charge is -2.36. The Labute approximate surface area is 174 Å². The number of nitrogens with zero attached hydrogens (tertiary/aromatic N) is 9. The molecule has 1 aliphatic rings. The number of hydrogen-bond acceptors (Lipinski definition) is 8. The van der Waals surface area contributed by atoms with Crippen molar-refractivity contribution in [3.63, 3.8) is 0 Å². The number of para-hydroxylation sites is 1. The summed E-state index contributed by atoms with van der Waals surface area (Å²) in [5, 5.41) is 13.1. The third-order valence-corrected chi connectivity index (χ3v) is 5.42. The number of aryl methyl sites for hydroxylation is 2. The molecule has 30 heavy (non-hydrogen) atoms. The Bertz CT molecular complexity index is 1160. The third kappa shape index (κ3) is 3.32. The van der Waals surface area contributed by atoms with Crippen molar-refractivity contribution in [2.75, 3.05) is 36.0 Å². The Kier molecular flexibility index (Phi) is 4.70. The molecule has 4 aromatic rings. The molecule has 9 heteroatoms. The molecule has 0 N–H and O–H groups in total. The highest BCUT2D eigenvalue weighted by Crippen LogP contribution is 2.22. The van der Waals surface area contributed by atoms with Crippen LogP contribution in [-0.2, 0) is 6.42 Å². The molecule has 0 unspecified atom stereocenters. The van der Waals surface area contributed by atoms with Gasteiger partial charge in [0.2, 0.25) is 5.95 Å². The molecule has 0 atom stereocenters. The van der Waals surface area contributed by atoms with Gasteiger partial charge in [0.25, 0.3) is 5.78 Å². The first-order valence-corrected chi connectivity index (χ1v) is 10.2. The molecule has 0 saturated carbocycles. The summed E-state index contributed by atoms with van der Waals surface area (Å²) < 4.78 is 1.74. The van der Waals surface area contributed by atoms with E-state index >= 15 is 0 Å². The van der Waals surface area contributed by atoms with Gasteiger partial charge in [-0.05, 0) is 25.1 Å². The maximum absolute atomic E-state index is 4.79. The van der Waals surface area contributed by atoms with Crippen LogP contribution in [0, 0.1) is 6.92 Å². The summed E-state index contributed by atoms with van der Waals surface area (Å²) in [5.41, 5.74) is 3.56. The summed E-state index contributed by atoms with van der Waals surface area (Å²) in [5.74, 6) is 1.98. The fourth-order valence-electron chi connectivity index (χ4n) is 3.72. The molecule has 3 aromatic heterocycles. The third-order valence-electron chi connectivity index (χ3n) is 5.42. The van der Waals surface area contributed by atoms with E-state index in [0.717, 1.165) is 49.8 Å². The summed E-state index contributed by atoms with van der Waals surface area (Å²) in [4.78, 5) is 18.3. The van der Waals surface area contributed by atoms with Gasteiger partial charge in [0.15, 0.2) is 5.82 Å². The van der Waals surface area contributed by atoms with Crippen molar-refractivity contribution in [3.05, 3.63) is 54.1 Å². The van der Waals surface area contributed by atoms with Gasteiger partial charge in [0.1, 0.15) is 5.69 Å². The first-order valence-electron chi connectivity index (χ1n) is 10.2. The lowest BCUT2D eigenvalue weighted by atomic mass is 10.2. The van der Waals surface area contributed by atoms with Gasteiger partial charge in [-0.3, -0.25) is 0 Å². The van der Waals surface area contributed by atoms with Crippen LogP contribution in [0.15, 0.2) is 42.6 Å². The zero-order valence-corrected chi connectivity index (χ0v) is 17.1. The zero-order chi connectivity index (χ0) is 20.5. The molecule has 0 radical (unpaired) electrons. The number of fused-ring (bicyclic) bond motifs is 1. The van der Waals surface area contributed by atoms with Gasteiger partial charge in [-0.2, -0.15) is 9.50 Å². The van der Waals surface area contributed by atoms with E-state index in [4.69, 9.17) is 4.98 Å². The Morgan fingerprint density at radius 2 is 1.67 bits per heavy atom. The van der Waals surface area contributed by atoms with Crippen molar-refractivity contribution in [1.29, 1.82) is 0 Å². The molecular weight excluding hydrogens is 378 g/mol. The highest BCUT2D eigenvalue weighted by molar-refractivity contribution is 5.59. The minimum Gasteiger partial charge on any atom is -0.368 e. The maximum Gasteiger partial charge on any atom is 0.272 e. The van der Waals surface area contributed by atoms with Crippen LogP contribution in [0.2, 0.25) is 0 Å². The highest BCUT2D eigenvalue weighted by Gasteiger charge is 2.20. The van der Waals surface area contributed by atoms with Crippen LogP contribution < -0.4 is 9.80 Å². The normalized spacial score (nSPS) is 14.5. The Morgan fingerprint density at radius 3 is 2.43 bits per heavy atom. The molecule has 9 nitrogen and oxygen atoms in total. The van der Waals surface area contributed by atoms with Crippen molar-refractivity contribution in [1.82, 2.24) is 34.8 Å². The quantitative estimate of drug-likeness (QED) is 0.514. The van der Waals surface area contributed by atoms with Gasteiger partial charge in [-0.15, -0.1) is 15.3 Å². The van der Waals surface area contributed by atoms with Crippen LogP contribution in [0.3, 0.4) is 0 Å². The first kappa shape index (κ1) is 18.4. The fraction of sp³-hybridized carbons (Fsp3) is 0.333. The van der Waals surface area contributed by atoms with E-state index in [0.29, 0.717) is 17.4 Å². The SMILES string of the molecule is CCc1nc2nnc(-c3ccnc(N4CCN(c5ccccc5)CC4)n3)c(C)n2n1. The molecule has 0 amide bonds. The monoisotopic (exact) mass is 401 g/mol. The lowest BCUT2D eigenvalue weighted by molar-refractivity contribution is 0.640. The van der Waals surface area contributed by atoms with Crippen LogP contribution in [0.25, 0.3) is 17.2 Å². The molecule has 152 valence electrons. The summed E-state index contributed by atoms with van der Waals surface area (Å²) in [6.07, 6.45) is 2.54. The van der Waals surface area contributed by atoms with Crippen molar-refractivity contribution in [2.24, 2.45) is 0 Å². The van der Waals surface area contributed by atoms with Gasteiger partial charge in [0.05, 0.1) is 11.4 Å². The smallest absolute Gasteiger partial charge is 0.272 e. The molecule has 1 aromatic carbocycles. The molecular formula is C21H23N9. The Morgan fingerprint density at radius 1 is 0.900 bits per heavy atom. The van der Waals surface area contributed by atoms with Crippen molar-refractivity contribution >= 4 is 17.4 Å². The average Bonchev–Trinajstić information content (AvgIpc) is 3.25. The number of benzene rings is 1. The Balaban J connectivity index is 1.39. The Hall–Kier alpha value is -3.62. The maximum atomic E-state index is 4.79. The van der Waals surface area contributed by atoms with Crippen LogP contribution in [0.1, 0.15) is 18.4 Å². The van der Waals surface area contributed by atoms with Gasteiger partial charge >= 0.3 is 0 Å². The minimum absolute atomic E-state index is 0.513. The topological polar surface area (TPSA) is 88.2 Å². The van der Waals surface area contributed by atoms with Gasteiger partial charge in [-0.1, -0.05) is 25.1 Å². The van der Waals surface area contributed by atoms with Crippen molar-refractivity contribution in [3.8, 4) is 11.4 Å². The van der Waals surface area contributed by atoms with E-state index in [9.17, 15) is 0 Å². The van der Waals surface area contributed by atoms with Crippen molar-refractivity contribution < 1.29 is 0 Å². The van der Waals surface area contributed by atoms with E-state index in [1.165, 1.54) is 5.69 Å². The van der Waals surface area contributed by atoms with Crippen LogP contribution in [0.5, 0.6) is 0 Å². The van der Waals surface area contributed by atoms with Crippen LogP contribution in [-0.4, -0.2) is 60.9 Å². The van der Waals surface area contributed by atoms with Crippen molar-refractivity contribution in [2.45, 2.75) is 20.3 Å². The molecule has 1 saturated heterocycles. The van der Waals surface area contributed by atoms with Gasteiger partial charge < -0.3 is 9.80 Å².